The van der Waals surface area contributed by atoms with E-state index < -0.39 is 33.6 Å². The van der Waals surface area contributed by atoms with Crippen LogP contribution in [0.2, 0.25) is 0 Å². The van der Waals surface area contributed by atoms with Gasteiger partial charge in [0, 0.05) is 31.9 Å². The van der Waals surface area contributed by atoms with E-state index in [2.05, 4.69) is 15.5 Å². The number of pyridine rings is 1. The van der Waals surface area contributed by atoms with Gasteiger partial charge in [0.15, 0.2) is 5.60 Å². The zero-order valence-electron chi connectivity index (χ0n) is 19.1. The molecule has 10 nitrogen and oxygen atoms in total. The fourth-order valence-corrected chi connectivity index (χ4v) is 5.22. The number of hydrogen-bond acceptors (Lipinski definition) is 7. The summed E-state index contributed by atoms with van der Waals surface area (Å²) in [5.74, 6) is -3.60. The highest BCUT2D eigenvalue weighted by molar-refractivity contribution is 7.89. The molecule has 0 saturated carbocycles. The van der Waals surface area contributed by atoms with Crippen LogP contribution in [0.4, 0.5) is 17.6 Å². The van der Waals surface area contributed by atoms with E-state index in [0.717, 1.165) is 17.7 Å². The topological polar surface area (TPSA) is 138 Å². The number of aliphatic carboxylic acids is 1. The van der Waals surface area contributed by atoms with Gasteiger partial charge in [-0.1, -0.05) is 5.16 Å². The summed E-state index contributed by atoms with van der Waals surface area (Å²) in [7, 11) is -3.80. The molecule has 1 unspecified atom stereocenters. The Kier molecular flexibility index (Phi) is 8.48. The van der Waals surface area contributed by atoms with Crippen LogP contribution in [0.5, 0.6) is 0 Å². The van der Waals surface area contributed by atoms with Gasteiger partial charge in [0.25, 0.3) is 5.91 Å². The molecular weight excluding hydrogens is 524 g/mol. The summed E-state index contributed by atoms with van der Waals surface area (Å²) in [4.78, 5) is 30.9. The molecule has 1 aromatic carbocycles. The highest BCUT2D eigenvalue weighted by Gasteiger charge is 2.47. The van der Waals surface area contributed by atoms with Crippen molar-refractivity contribution in [3.05, 3.63) is 60.2 Å². The van der Waals surface area contributed by atoms with Crippen LogP contribution in [-0.2, 0) is 31.0 Å². The van der Waals surface area contributed by atoms with Crippen molar-refractivity contribution in [1.82, 2.24) is 14.6 Å². The Morgan fingerprint density at radius 1 is 1.14 bits per heavy atom. The highest BCUT2D eigenvalue weighted by Crippen LogP contribution is 2.35. The maximum atomic E-state index is 13.2. The molecule has 2 aliphatic heterocycles. The van der Waals surface area contributed by atoms with Crippen LogP contribution in [0.25, 0.3) is 0 Å². The Hall–Kier alpha value is -3.59. The van der Waals surface area contributed by atoms with E-state index in [9.17, 15) is 30.8 Å². The zero-order valence-corrected chi connectivity index (χ0v) is 19.9. The number of benzene rings is 1. The molecule has 1 amide bonds. The molecule has 1 spiro atoms. The predicted octanol–water partition coefficient (Wildman–Crippen LogP) is 2.47. The number of carbonyl (C=O) groups excluding carboxylic acids is 1. The Bertz CT molecular complexity index is 1260. The lowest BCUT2D eigenvalue weighted by Crippen LogP contribution is -2.50. The first-order chi connectivity index (χ1) is 17.3. The van der Waals surface area contributed by atoms with E-state index in [0.29, 0.717) is 25.9 Å². The van der Waals surface area contributed by atoms with Crippen LogP contribution in [-0.4, -0.2) is 65.3 Å². The molecule has 2 N–H and O–H groups in total. The second-order valence-electron chi connectivity index (χ2n) is 8.23. The van der Waals surface area contributed by atoms with E-state index in [-0.39, 0.29) is 29.5 Å². The zero-order chi connectivity index (χ0) is 27.3. The van der Waals surface area contributed by atoms with Crippen molar-refractivity contribution in [2.45, 2.75) is 42.5 Å². The largest absolute Gasteiger partial charge is 0.490 e. The van der Waals surface area contributed by atoms with Gasteiger partial charge < -0.3 is 15.3 Å². The van der Waals surface area contributed by atoms with Crippen LogP contribution < -0.4 is 5.32 Å². The second kappa shape index (κ2) is 11.2. The first-order valence-electron chi connectivity index (χ1n) is 10.8. The van der Waals surface area contributed by atoms with Crippen molar-refractivity contribution in [1.29, 1.82) is 0 Å². The Morgan fingerprint density at radius 3 is 2.35 bits per heavy atom. The number of nitrogens with one attached hydrogen (secondary N) is 1. The first kappa shape index (κ1) is 28.0. The summed E-state index contributed by atoms with van der Waals surface area (Å²) in [5.41, 5.74) is 0.279. The third-order valence-corrected chi connectivity index (χ3v) is 7.36. The summed E-state index contributed by atoms with van der Waals surface area (Å²) in [6.45, 7) is 0.740. The van der Waals surface area contributed by atoms with Gasteiger partial charge in [0.2, 0.25) is 10.0 Å². The number of oxime groups is 1. The van der Waals surface area contributed by atoms with Gasteiger partial charge in [-0.2, -0.15) is 17.5 Å². The molecule has 0 bridgehead atoms. The number of piperidine rings is 1. The Labute approximate surface area is 209 Å². The minimum Gasteiger partial charge on any atom is -0.475 e. The van der Waals surface area contributed by atoms with Crippen molar-refractivity contribution < 1.29 is 45.5 Å². The normalized spacial score (nSPS) is 19.8. The summed E-state index contributed by atoms with van der Waals surface area (Å²) in [5, 5.41) is 13.9. The molecular formula is C22H22F4N4O6S. The Balaban J connectivity index is 0.000000479. The lowest BCUT2D eigenvalue weighted by Gasteiger charge is -2.37. The fraction of sp³-hybridized carbons (Fsp3) is 0.364. The van der Waals surface area contributed by atoms with Crippen molar-refractivity contribution >= 4 is 27.6 Å². The molecule has 0 radical (unpaired) electrons. The predicted molar refractivity (Wildman–Crippen MR) is 120 cm³/mol. The number of aromatic nitrogens is 1. The summed E-state index contributed by atoms with van der Waals surface area (Å²) >= 11 is 0. The number of carbonyl (C=O) groups is 2. The average Bonchev–Trinajstić information content (AvgIpc) is 3.26. The maximum absolute atomic E-state index is 13.2. The number of alkyl halides is 3. The molecule has 1 saturated heterocycles. The fourth-order valence-electron chi connectivity index (χ4n) is 3.67. The lowest BCUT2D eigenvalue weighted by molar-refractivity contribution is -0.192. The number of nitrogens with zero attached hydrogens (tertiary/aromatic N) is 3. The van der Waals surface area contributed by atoms with Crippen LogP contribution >= 0.6 is 0 Å². The minimum absolute atomic E-state index is 0.0233. The molecule has 2 aromatic rings. The summed E-state index contributed by atoms with van der Waals surface area (Å²) in [6.07, 6.45) is -0.407. The first-order valence-corrected chi connectivity index (χ1v) is 12.2. The van der Waals surface area contributed by atoms with Gasteiger partial charge >= 0.3 is 12.1 Å². The molecule has 1 fully saturated rings. The van der Waals surface area contributed by atoms with E-state index >= 15 is 0 Å². The number of carboxylic acid groups (broad SMARTS) is 1. The molecule has 1 atom stereocenters. The number of carboxylic acids is 1. The molecule has 37 heavy (non-hydrogen) atoms. The molecule has 200 valence electrons. The molecule has 1 aromatic heterocycles. The lowest BCUT2D eigenvalue weighted by atomic mass is 9.89. The third-order valence-electron chi connectivity index (χ3n) is 5.50. The smallest absolute Gasteiger partial charge is 0.475 e. The van der Waals surface area contributed by atoms with E-state index in [4.69, 9.17) is 14.7 Å². The van der Waals surface area contributed by atoms with Crippen LogP contribution in [0, 0.1) is 5.82 Å². The van der Waals surface area contributed by atoms with E-state index in [1.165, 1.54) is 16.4 Å². The quantitative estimate of drug-likeness (QED) is 0.550. The monoisotopic (exact) mass is 546 g/mol. The van der Waals surface area contributed by atoms with E-state index in [1.807, 2.05) is 0 Å². The van der Waals surface area contributed by atoms with Crippen molar-refractivity contribution in [2.24, 2.45) is 5.16 Å². The number of hydrogen-bond donors (Lipinski definition) is 2. The van der Waals surface area contributed by atoms with Crippen molar-refractivity contribution in [2.75, 3.05) is 13.1 Å². The highest BCUT2D eigenvalue weighted by atomic mass is 32.2. The molecule has 3 heterocycles. The standard InChI is InChI=1S/C20H21FN4O4S.C2HF3O2/c21-16-2-4-17(5-3-16)30(27,28)25-11-1-8-20(14-25)12-18(24-29-20)19(26)23-13-15-6-9-22-10-7-15;3-2(4,5)1(6)7/h2-7,9-10H,1,8,11-14H2,(H,23,26);(H,6,7). The number of halogens is 4. The minimum atomic E-state index is -5.08. The number of amides is 1. The van der Waals surface area contributed by atoms with Crippen LogP contribution in [0.3, 0.4) is 0 Å². The summed E-state index contributed by atoms with van der Waals surface area (Å²) < 4.78 is 72.1. The van der Waals surface area contributed by atoms with Crippen molar-refractivity contribution in [3.8, 4) is 0 Å². The molecule has 15 heteroatoms. The number of rotatable bonds is 5. The Morgan fingerprint density at radius 2 is 1.76 bits per heavy atom. The summed E-state index contributed by atoms with van der Waals surface area (Å²) in [6, 6.07) is 8.33. The van der Waals surface area contributed by atoms with Gasteiger partial charge in [0.05, 0.1) is 11.4 Å². The average molecular weight is 546 g/mol. The van der Waals surface area contributed by atoms with E-state index in [1.54, 1.807) is 24.5 Å². The maximum Gasteiger partial charge on any atom is 0.490 e. The van der Waals surface area contributed by atoms with Gasteiger partial charge in [-0.25, -0.2) is 17.6 Å². The van der Waals surface area contributed by atoms with Crippen LogP contribution in [0.15, 0.2) is 58.8 Å². The van der Waals surface area contributed by atoms with Gasteiger partial charge in [-0.3, -0.25) is 9.78 Å². The third kappa shape index (κ3) is 7.22. The van der Waals surface area contributed by atoms with Gasteiger partial charge in [0.1, 0.15) is 11.5 Å². The van der Waals surface area contributed by atoms with Crippen molar-refractivity contribution in [3.63, 3.8) is 0 Å². The molecule has 2 aliphatic rings. The second-order valence-corrected chi connectivity index (χ2v) is 10.2. The molecule has 0 aliphatic carbocycles. The number of sulfonamides is 1. The van der Waals surface area contributed by atoms with Gasteiger partial charge in [-0.05, 0) is 54.8 Å². The molecule has 4 rings (SSSR count). The SMILES string of the molecule is O=C(NCc1ccncc1)C1=NOC2(CCCN(S(=O)(=O)c3ccc(F)cc3)C2)C1.O=C(O)C(F)(F)F. The van der Waals surface area contributed by atoms with Crippen LogP contribution in [0.1, 0.15) is 24.8 Å². The van der Waals surface area contributed by atoms with Gasteiger partial charge in [-0.15, -0.1) is 0 Å².